The summed E-state index contributed by atoms with van der Waals surface area (Å²) in [6.45, 7) is 8.51. The molecule has 0 aromatic heterocycles. The lowest BCUT2D eigenvalue weighted by molar-refractivity contribution is 0.130. The molecule has 5 unspecified atom stereocenters. The van der Waals surface area contributed by atoms with E-state index in [1.807, 2.05) is 0 Å². The van der Waals surface area contributed by atoms with E-state index >= 15 is 0 Å². The lowest BCUT2D eigenvalue weighted by Gasteiger charge is -2.40. The van der Waals surface area contributed by atoms with Crippen molar-refractivity contribution in [2.45, 2.75) is 52.5 Å². The van der Waals surface area contributed by atoms with Crippen LogP contribution in [0.5, 0.6) is 0 Å². The second-order valence-corrected chi connectivity index (χ2v) is 5.65. The normalized spacial score (nSPS) is 44.8. The quantitative estimate of drug-likeness (QED) is 0.714. The Labute approximate surface area is 88.7 Å². The lowest BCUT2D eigenvalue weighted by atomic mass is 9.68. The second kappa shape index (κ2) is 4.22. The van der Waals surface area contributed by atoms with Gasteiger partial charge in [-0.1, -0.05) is 27.2 Å². The zero-order chi connectivity index (χ0) is 10.1. The highest BCUT2D eigenvalue weighted by Crippen LogP contribution is 2.41. The molecule has 2 aliphatic rings. The van der Waals surface area contributed by atoms with Crippen LogP contribution in [0.1, 0.15) is 46.5 Å². The average molecular weight is 195 g/mol. The van der Waals surface area contributed by atoms with Gasteiger partial charge in [-0.15, -0.1) is 0 Å². The zero-order valence-electron chi connectivity index (χ0n) is 9.92. The molecule has 2 rings (SSSR count). The van der Waals surface area contributed by atoms with Crippen molar-refractivity contribution in [3.05, 3.63) is 0 Å². The van der Waals surface area contributed by atoms with Crippen molar-refractivity contribution in [3.8, 4) is 0 Å². The summed E-state index contributed by atoms with van der Waals surface area (Å²) < 4.78 is 0. The molecule has 1 aliphatic heterocycles. The Morgan fingerprint density at radius 3 is 2.86 bits per heavy atom. The maximum absolute atomic E-state index is 3.74. The van der Waals surface area contributed by atoms with E-state index in [-0.39, 0.29) is 0 Å². The Kier molecular flexibility index (Phi) is 3.16. The molecule has 0 bridgehead atoms. The van der Waals surface area contributed by atoms with Gasteiger partial charge in [0.15, 0.2) is 0 Å². The third kappa shape index (κ3) is 1.84. The minimum Gasteiger partial charge on any atom is -0.313 e. The number of fused-ring (bicyclic) bond motifs is 1. The Morgan fingerprint density at radius 1 is 1.36 bits per heavy atom. The van der Waals surface area contributed by atoms with E-state index in [9.17, 15) is 0 Å². The fraction of sp³-hybridized carbons (Fsp3) is 1.00. The van der Waals surface area contributed by atoms with Gasteiger partial charge in [0.2, 0.25) is 0 Å². The van der Waals surface area contributed by atoms with Crippen molar-refractivity contribution < 1.29 is 0 Å². The summed E-state index contributed by atoms with van der Waals surface area (Å²) in [5, 5.41) is 3.74. The van der Waals surface area contributed by atoms with Crippen molar-refractivity contribution in [1.82, 2.24) is 5.32 Å². The number of nitrogens with one attached hydrogen (secondary N) is 1. The molecule has 1 heteroatoms. The molecule has 0 amide bonds. The van der Waals surface area contributed by atoms with Crippen LogP contribution in [0.25, 0.3) is 0 Å². The van der Waals surface area contributed by atoms with Crippen molar-refractivity contribution in [2.75, 3.05) is 6.54 Å². The molecule has 1 heterocycles. The number of hydrogen-bond donors (Lipinski definition) is 1. The Balaban J connectivity index is 2.06. The Morgan fingerprint density at radius 2 is 2.14 bits per heavy atom. The average Bonchev–Trinajstić information content (AvgIpc) is 2.62. The first kappa shape index (κ1) is 10.5. The molecule has 14 heavy (non-hydrogen) atoms. The summed E-state index contributed by atoms with van der Waals surface area (Å²) >= 11 is 0. The van der Waals surface area contributed by atoms with Gasteiger partial charge in [0.25, 0.3) is 0 Å². The molecule has 0 aromatic rings. The van der Waals surface area contributed by atoms with Crippen LogP contribution >= 0.6 is 0 Å². The molecule has 1 saturated carbocycles. The lowest BCUT2D eigenvalue weighted by Crippen LogP contribution is -2.43. The van der Waals surface area contributed by atoms with E-state index in [4.69, 9.17) is 0 Å². The highest BCUT2D eigenvalue weighted by Gasteiger charge is 2.40. The first-order valence-electron chi connectivity index (χ1n) is 6.45. The van der Waals surface area contributed by atoms with Crippen molar-refractivity contribution in [3.63, 3.8) is 0 Å². The van der Waals surface area contributed by atoms with Gasteiger partial charge in [-0.3, -0.25) is 0 Å². The van der Waals surface area contributed by atoms with E-state index in [0.717, 1.165) is 29.7 Å². The summed E-state index contributed by atoms with van der Waals surface area (Å²) in [5.41, 5.74) is 0. The zero-order valence-corrected chi connectivity index (χ0v) is 9.92. The van der Waals surface area contributed by atoms with Crippen molar-refractivity contribution >= 4 is 0 Å². The minimum absolute atomic E-state index is 0.862. The summed E-state index contributed by atoms with van der Waals surface area (Å²) in [7, 11) is 0. The third-order valence-electron chi connectivity index (χ3n) is 4.62. The van der Waals surface area contributed by atoms with Crippen LogP contribution in [0.2, 0.25) is 0 Å². The van der Waals surface area contributed by atoms with Gasteiger partial charge in [0.05, 0.1) is 0 Å². The molecule has 1 N–H and O–H groups in total. The van der Waals surface area contributed by atoms with E-state index in [0.29, 0.717) is 0 Å². The molecule has 1 saturated heterocycles. The smallest absolute Gasteiger partial charge is 0.0127 e. The highest BCUT2D eigenvalue weighted by atomic mass is 15.0. The van der Waals surface area contributed by atoms with Crippen LogP contribution in [-0.2, 0) is 0 Å². The highest BCUT2D eigenvalue weighted by molar-refractivity contribution is 4.95. The van der Waals surface area contributed by atoms with Crippen LogP contribution in [0.3, 0.4) is 0 Å². The fourth-order valence-corrected chi connectivity index (χ4v) is 3.66. The molecule has 0 spiro atoms. The summed E-state index contributed by atoms with van der Waals surface area (Å²) in [6.07, 6.45) is 5.72. The van der Waals surface area contributed by atoms with Gasteiger partial charge in [0, 0.05) is 6.04 Å². The predicted molar refractivity (Wildman–Crippen MR) is 61.2 cm³/mol. The van der Waals surface area contributed by atoms with Crippen LogP contribution in [0, 0.1) is 23.7 Å². The Hall–Kier alpha value is -0.0400. The maximum Gasteiger partial charge on any atom is 0.0127 e. The molecule has 1 nitrogen and oxygen atoms in total. The van der Waals surface area contributed by atoms with Crippen LogP contribution in [-0.4, -0.2) is 12.6 Å². The second-order valence-electron chi connectivity index (χ2n) is 5.65. The van der Waals surface area contributed by atoms with E-state index in [2.05, 4.69) is 26.1 Å². The molecular weight excluding hydrogens is 170 g/mol. The minimum atomic E-state index is 0.862. The van der Waals surface area contributed by atoms with Gasteiger partial charge < -0.3 is 5.32 Å². The standard InChI is InChI=1S/C13H25N/c1-4-10(3)12-8-9(2)7-11-5-6-14-13(11)12/h9-14H,4-8H2,1-3H3. The summed E-state index contributed by atoms with van der Waals surface area (Å²) in [5.74, 6) is 3.83. The molecule has 1 aliphatic carbocycles. The van der Waals surface area contributed by atoms with E-state index < -0.39 is 0 Å². The summed E-state index contributed by atoms with van der Waals surface area (Å²) in [4.78, 5) is 0. The molecule has 5 atom stereocenters. The SMILES string of the molecule is CCC(C)C1CC(C)CC2CCNC21. The van der Waals surface area contributed by atoms with Crippen LogP contribution in [0.15, 0.2) is 0 Å². The van der Waals surface area contributed by atoms with Crippen LogP contribution in [0.4, 0.5) is 0 Å². The maximum atomic E-state index is 3.74. The van der Waals surface area contributed by atoms with Gasteiger partial charge in [-0.25, -0.2) is 0 Å². The van der Waals surface area contributed by atoms with Gasteiger partial charge in [-0.2, -0.15) is 0 Å². The predicted octanol–water partition coefficient (Wildman–Crippen LogP) is 3.06. The molecular formula is C13H25N. The van der Waals surface area contributed by atoms with Crippen molar-refractivity contribution in [2.24, 2.45) is 23.7 Å². The fourth-order valence-electron chi connectivity index (χ4n) is 3.66. The monoisotopic (exact) mass is 195 g/mol. The summed E-state index contributed by atoms with van der Waals surface area (Å²) in [6, 6.07) is 0.862. The Bertz CT molecular complexity index is 190. The van der Waals surface area contributed by atoms with E-state index in [1.165, 1.54) is 32.2 Å². The van der Waals surface area contributed by atoms with Crippen molar-refractivity contribution in [1.29, 1.82) is 0 Å². The molecule has 0 radical (unpaired) electrons. The van der Waals surface area contributed by atoms with Gasteiger partial charge in [0.1, 0.15) is 0 Å². The van der Waals surface area contributed by atoms with Crippen LogP contribution < -0.4 is 5.32 Å². The first-order valence-corrected chi connectivity index (χ1v) is 6.45. The molecule has 82 valence electrons. The molecule has 0 aromatic carbocycles. The topological polar surface area (TPSA) is 12.0 Å². The largest absolute Gasteiger partial charge is 0.313 e. The van der Waals surface area contributed by atoms with Gasteiger partial charge >= 0.3 is 0 Å². The first-order chi connectivity index (χ1) is 6.72. The number of hydrogen-bond acceptors (Lipinski definition) is 1. The number of rotatable bonds is 2. The third-order valence-corrected chi connectivity index (χ3v) is 4.62. The van der Waals surface area contributed by atoms with Gasteiger partial charge in [-0.05, 0) is 49.5 Å². The van der Waals surface area contributed by atoms with E-state index in [1.54, 1.807) is 0 Å². The molecule has 2 fully saturated rings.